The van der Waals surface area contributed by atoms with Gasteiger partial charge in [-0.2, -0.15) is 5.10 Å². The molecular weight excluding hydrogens is 248 g/mol. The zero-order valence-corrected chi connectivity index (χ0v) is 12.6. The van der Waals surface area contributed by atoms with Crippen LogP contribution in [0.25, 0.3) is 0 Å². The summed E-state index contributed by atoms with van der Waals surface area (Å²) >= 11 is 0. The van der Waals surface area contributed by atoms with E-state index >= 15 is 0 Å². The van der Waals surface area contributed by atoms with Crippen LogP contribution in [0.15, 0.2) is 30.3 Å². The van der Waals surface area contributed by atoms with Gasteiger partial charge in [-0.3, -0.25) is 4.68 Å². The van der Waals surface area contributed by atoms with Crippen molar-refractivity contribution in [3.05, 3.63) is 41.7 Å². The molecule has 1 aromatic carbocycles. The number of nitrogens with two attached hydrogens (primary N) is 1. The Bertz CT molecular complexity index is 559. The van der Waals surface area contributed by atoms with Crippen molar-refractivity contribution >= 4 is 11.4 Å². The fraction of sp³-hybridized carbons (Fsp3) is 0.438. The highest BCUT2D eigenvalue weighted by atomic mass is 15.3. The normalized spacial score (nSPS) is 10.8. The summed E-state index contributed by atoms with van der Waals surface area (Å²) in [7, 11) is 2.01. The molecule has 1 heterocycles. The van der Waals surface area contributed by atoms with Crippen molar-refractivity contribution in [2.45, 2.75) is 33.2 Å². The monoisotopic (exact) mass is 272 g/mol. The quantitative estimate of drug-likeness (QED) is 0.822. The van der Waals surface area contributed by atoms with Crippen molar-refractivity contribution in [1.82, 2.24) is 9.78 Å². The molecule has 0 aliphatic carbocycles. The molecule has 0 atom stereocenters. The lowest BCUT2D eigenvalue weighted by Gasteiger charge is -2.24. The molecule has 0 amide bonds. The number of aryl methyl sites for hydroxylation is 2. The first-order valence-electron chi connectivity index (χ1n) is 7.26. The van der Waals surface area contributed by atoms with E-state index in [1.807, 2.05) is 29.9 Å². The van der Waals surface area contributed by atoms with E-state index in [1.165, 1.54) is 11.4 Å². The molecule has 0 aliphatic rings. The Morgan fingerprint density at radius 2 is 2.05 bits per heavy atom. The minimum Gasteiger partial charge on any atom is -0.399 e. The molecule has 2 rings (SSSR count). The van der Waals surface area contributed by atoms with Crippen molar-refractivity contribution in [2.24, 2.45) is 7.05 Å². The van der Waals surface area contributed by atoms with Gasteiger partial charge < -0.3 is 10.6 Å². The van der Waals surface area contributed by atoms with Crippen LogP contribution in [0.3, 0.4) is 0 Å². The Morgan fingerprint density at radius 3 is 2.65 bits per heavy atom. The molecule has 0 saturated heterocycles. The molecule has 0 fully saturated rings. The molecular formula is C16H24N4. The number of hydrogen-bond acceptors (Lipinski definition) is 3. The van der Waals surface area contributed by atoms with Gasteiger partial charge in [0.2, 0.25) is 0 Å². The standard InChI is InChI=1S/C16H24N4/c1-4-9-20(15-8-6-7-13(17)10-15)12-16-11-14(5-2)18-19(16)3/h6-8,10-11H,4-5,9,12,17H2,1-3H3. The fourth-order valence-corrected chi connectivity index (χ4v) is 2.38. The van der Waals surface area contributed by atoms with Gasteiger partial charge in [-0.15, -0.1) is 0 Å². The zero-order chi connectivity index (χ0) is 14.5. The first-order valence-corrected chi connectivity index (χ1v) is 7.26. The molecule has 0 bridgehead atoms. The first kappa shape index (κ1) is 14.4. The van der Waals surface area contributed by atoms with E-state index in [-0.39, 0.29) is 0 Å². The van der Waals surface area contributed by atoms with E-state index in [2.05, 4.69) is 36.0 Å². The summed E-state index contributed by atoms with van der Waals surface area (Å²) in [5.74, 6) is 0. The van der Waals surface area contributed by atoms with Crippen molar-refractivity contribution in [1.29, 1.82) is 0 Å². The average Bonchev–Trinajstić information content (AvgIpc) is 2.79. The Kier molecular flexibility index (Phi) is 4.66. The van der Waals surface area contributed by atoms with Crippen LogP contribution in [0, 0.1) is 0 Å². The van der Waals surface area contributed by atoms with Gasteiger partial charge in [0, 0.05) is 25.0 Å². The highest BCUT2D eigenvalue weighted by Gasteiger charge is 2.11. The highest BCUT2D eigenvalue weighted by molar-refractivity contribution is 5.56. The molecule has 0 unspecified atom stereocenters. The van der Waals surface area contributed by atoms with Crippen molar-refractivity contribution in [3.8, 4) is 0 Å². The number of hydrogen-bond donors (Lipinski definition) is 1. The Hall–Kier alpha value is -1.97. The van der Waals surface area contributed by atoms with E-state index in [4.69, 9.17) is 5.73 Å². The molecule has 0 spiro atoms. The minimum atomic E-state index is 0.808. The fourth-order valence-electron chi connectivity index (χ4n) is 2.38. The maximum Gasteiger partial charge on any atom is 0.0625 e. The molecule has 2 N–H and O–H groups in total. The van der Waals surface area contributed by atoms with E-state index in [1.54, 1.807) is 0 Å². The largest absolute Gasteiger partial charge is 0.399 e. The van der Waals surface area contributed by atoms with Crippen molar-refractivity contribution in [2.75, 3.05) is 17.2 Å². The summed E-state index contributed by atoms with van der Waals surface area (Å²) in [4.78, 5) is 2.35. The molecule has 0 saturated carbocycles. The molecule has 1 aromatic heterocycles. The smallest absolute Gasteiger partial charge is 0.0625 e. The first-order chi connectivity index (χ1) is 9.63. The number of anilines is 2. The predicted octanol–water partition coefficient (Wildman–Crippen LogP) is 2.98. The van der Waals surface area contributed by atoms with Gasteiger partial charge in [0.15, 0.2) is 0 Å². The highest BCUT2D eigenvalue weighted by Crippen LogP contribution is 2.20. The summed E-state index contributed by atoms with van der Waals surface area (Å²) in [6.45, 7) is 6.20. The third-order valence-electron chi connectivity index (χ3n) is 3.47. The summed E-state index contributed by atoms with van der Waals surface area (Å²) in [6.07, 6.45) is 2.08. The van der Waals surface area contributed by atoms with Gasteiger partial charge in [0.05, 0.1) is 17.9 Å². The van der Waals surface area contributed by atoms with E-state index in [0.717, 1.165) is 37.3 Å². The number of nitrogen functional groups attached to an aromatic ring is 1. The van der Waals surface area contributed by atoms with Crippen molar-refractivity contribution in [3.63, 3.8) is 0 Å². The summed E-state index contributed by atoms with van der Waals surface area (Å²) < 4.78 is 1.98. The topological polar surface area (TPSA) is 47.1 Å². The Morgan fingerprint density at radius 1 is 1.25 bits per heavy atom. The van der Waals surface area contributed by atoms with Gasteiger partial charge in [0.25, 0.3) is 0 Å². The maximum atomic E-state index is 5.90. The van der Waals surface area contributed by atoms with E-state index in [0.29, 0.717) is 0 Å². The zero-order valence-electron chi connectivity index (χ0n) is 12.6. The lowest BCUT2D eigenvalue weighted by atomic mass is 10.2. The SMILES string of the molecule is CCCN(Cc1cc(CC)nn1C)c1cccc(N)c1. The summed E-state index contributed by atoms with van der Waals surface area (Å²) in [5, 5.41) is 4.52. The molecule has 20 heavy (non-hydrogen) atoms. The average molecular weight is 272 g/mol. The molecule has 108 valence electrons. The minimum absolute atomic E-state index is 0.808. The van der Waals surface area contributed by atoms with Gasteiger partial charge in [-0.05, 0) is 37.1 Å². The van der Waals surface area contributed by atoms with Crippen LogP contribution in [0.4, 0.5) is 11.4 Å². The lowest BCUT2D eigenvalue weighted by Crippen LogP contribution is -2.24. The lowest BCUT2D eigenvalue weighted by molar-refractivity contribution is 0.667. The summed E-state index contributed by atoms with van der Waals surface area (Å²) in [6, 6.07) is 10.3. The van der Waals surface area contributed by atoms with Gasteiger partial charge in [-0.25, -0.2) is 0 Å². The third kappa shape index (κ3) is 3.32. The van der Waals surface area contributed by atoms with Gasteiger partial charge >= 0.3 is 0 Å². The van der Waals surface area contributed by atoms with Crippen LogP contribution in [0.2, 0.25) is 0 Å². The second-order valence-electron chi connectivity index (χ2n) is 5.12. The Labute approximate surface area is 121 Å². The molecule has 4 nitrogen and oxygen atoms in total. The second kappa shape index (κ2) is 6.46. The van der Waals surface area contributed by atoms with Crippen LogP contribution in [0.1, 0.15) is 31.7 Å². The molecule has 2 aromatic rings. The summed E-state index contributed by atoms with van der Waals surface area (Å²) in [5.41, 5.74) is 10.3. The van der Waals surface area contributed by atoms with Gasteiger partial charge in [-0.1, -0.05) is 19.9 Å². The van der Waals surface area contributed by atoms with Crippen LogP contribution < -0.4 is 10.6 Å². The third-order valence-corrected chi connectivity index (χ3v) is 3.47. The number of nitrogens with zero attached hydrogens (tertiary/aromatic N) is 3. The molecule has 0 aliphatic heterocycles. The van der Waals surface area contributed by atoms with Crippen LogP contribution in [-0.2, 0) is 20.0 Å². The van der Waals surface area contributed by atoms with E-state index in [9.17, 15) is 0 Å². The van der Waals surface area contributed by atoms with Gasteiger partial charge in [0.1, 0.15) is 0 Å². The number of aromatic nitrogens is 2. The van der Waals surface area contributed by atoms with Crippen molar-refractivity contribution < 1.29 is 0 Å². The van der Waals surface area contributed by atoms with Crippen LogP contribution in [0.5, 0.6) is 0 Å². The number of rotatable bonds is 6. The predicted molar refractivity (Wildman–Crippen MR) is 84.8 cm³/mol. The van der Waals surface area contributed by atoms with Crippen LogP contribution >= 0.6 is 0 Å². The number of benzene rings is 1. The second-order valence-corrected chi connectivity index (χ2v) is 5.12. The Balaban J connectivity index is 2.22. The van der Waals surface area contributed by atoms with Crippen LogP contribution in [-0.4, -0.2) is 16.3 Å². The molecule has 4 heteroatoms. The maximum absolute atomic E-state index is 5.90. The molecule has 0 radical (unpaired) electrons. The van der Waals surface area contributed by atoms with E-state index < -0.39 is 0 Å².